The van der Waals surface area contributed by atoms with Crippen molar-refractivity contribution >= 4 is 17.4 Å². The molecule has 0 saturated heterocycles. The zero-order chi connectivity index (χ0) is 11.4. The molecule has 3 heteroatoms. The summed E-state index contributed by atoms with van der Waals surface area (Å²) in [6.45, 7) is 3.08. The van der Waals surface area contributed by atoms with Crippen LogP contribution in [-0.4, -0.2) is 23.5 Å². The number of halogens is 1. The molecule has 88 valence electrons. The fraction of sp³-hybridized carbons (Fsp3) is 0.615. The van der Waals surface area contributed by atoms with Crippen LogP contribution in [0.5, 0.6) is 0 Å². The highest BCUT2D eigenvalue weighted by molar-refractivity contribution is 6.17. The summed E-state index contributed by atoms with van der Waals surface area (Å²) in [7, 11) is 0. The van der Waals surface area contributed by atoms with Crippen molar-refractivity contribution in [2.75, 3.05) is 17.3 Å². The number of pyridine rings is 1. The van der Waals surface area contributed by atoms with Crippen molar-refractivity contribution in [3.63, 3.8) is 0 Å². The molecule has 0 aliphatic heterocycles. The first-order valence-corrected chi connectivity index (χ1v) is 6.61. The Hall–Kier alpha value is -0.760. The minimum absolute atomic E-state index is 0.692. The first-order chi connectivity index (χ1) is 7.81. The molecule has 1 aliphatic rings. The van der Waals surface area contributed by atoms with Crippen molar-refractivity contribution < 1.29 is 0 Å². The Kier molecular flexibility index (Phi) is 4.05. The Bertz CT molecular complexity index is 336. The molecular weight excluding hydrogens is 220 g/mol. The van der Waals surface area contributed by atoms with E-state index in [0.717, 1.165) is 30.4 Å². The molecule has 0 spiro atoms. The molecule has 1 heterocycles. The normalized spacial score (nSPS) is 15.9. The summed E-state index contributed by atoms with van der Waals surface area (Å²) in [5.41, 5.74) is 1.09. The third-order valence-corrected chi connectivity index (χ3v) is 3.48. The maximum atomic E-state index is 5.78. The molecule has 0 bridgehead atoms. The summed E-state index contributed by atoms with van der Waals surface area (Å²) < 4.78 is 0. The van der Waals surface area contributed by atoms with Crippen molar-refractivity contribution in [2.45, 2.75) is 38.6 Å². The van der Waals surface area contributed by atoms with Gasteiger partial charge >= 0.3 is 0 Å². The van der Waals surface area contributed by atoms with Crippen molar-refractivity contribution in [1.29, 1.82) is 0 Å². The van der Waals surface area contributed by atoms with Crippen molar-refractivity contribution in [2.24, 2.45) is 0 Å². The molecule has 0 N–H and O–H groups in total. The Labute approximate surface area is 103 Å². The van der Waals surface area contributed by atoms with E-state index in [1.165, 1.54) is 19.3 Å². The molecule has 1 aromatic rings. The predicted molar refractivity (Wildman–Crippen MR) is 69.3 cm³/mol. The van der Waals surface area contributed by atoms with Gasteiger partial charge in [0.25, 0.3) is 0 Å². The van der Waals surface area contributed by atoms with Crippen molar-refractivity contribution in [3.05, 3.63) is 23.9 Å². The lowest BCUT2D eigenvalue weighted by atomic mass is 9.91. The van der Waals surface area contributed by atoms with Crippen LogP contribution in [0, 0.1) is 6.92 Å². The SMILES string of the molecule is Cc1cccc(N(CCCCl)C2CCC2)n1. The fourth-order valence-electron chi connectivity index (χ4n) is 2.10. The van der Waals surface area contributed by atoms with Gasteiger partial charge in [0.15, 0.2) is 0 Å². The maximum Gasteiger partial charge on any atom is 0.129 e. The van der Waals surface area contributed by atoms with E-state index < -0.39 is 0 Å². The zero-order valence-corrected chi connectivity index (χ0v) is 10.6. The lowest BCUT2D eigenvalue weighted by molar-refractivity contribution is 0.384. The van der Waals surface area contributed by atoms with E-state index >= 15 is 0 Å². The molecule has 2 rings (SSSR count). The van der Waals surface area contributed by atoms with Gasteiger partial charge in [-0.1, -0.05) is 6.07 Å². The largest absolute Gasteiger partial charge is 0.354 e. The maximum absolute atomic E-state index is 5.78. The number of hydrogen-bond donors (Lipinski definition) is 0. The van der Waals surface area contributed by atoms with Crippen molar-refractivity contribution in [3.8, 4) is 0 Å². The van der Waals surface area contributed by atoms with Crippen LogP contribution in [0.3, 0.4) is 0 Å². The molecule has 0 amide bonds. The third-order valence-electron chi connectivity index (χ3n) is 3.22. The number of nitrogens with zero attached hydrogens (tertiary/aromatic N) is 2. The van der Waals surface area contributed by atoms with Crippen LogP contribution in [0.25, 0.3) is 0 Å². The Balaban J connectivity index is 2.10. The highest BCUT2D eigenvalue weighted by Crippen LogP contribution is 2.28. The number of rotatable bonds is 5. The zero-order valence-electron chi connectivity index (χ0n) is 9.82. The topological polar surface area (TPSA) is 16.1 Å². The smallest absolute Gasteiger partial charge is 0.129 e. The first-order valence-electron chi connectivity index (χ1n) is 6.07. The summed E-state index contributed by atoms with van der Waals surface area (Å²) in [6, 6.07) is 6.94. The molecule has 1 fully saturated rings. The van der Waals surface area contributed by atoms with E-state index in [9.17, 15) is 0 Å². The number of aryl methyl sites for hydroxylation is 1. The van der Waals surface area contributed by atoms with E-state index in [1.54, 1.807) is 0 Å². The van der Waals surface area contributed by atoms with Crippen LogP contribution in [0.1, 0.15) is 31.4 Å². The number of hydrogen-bond acceptors (Lipinski definition) is 2. The molecule has 2 nitrogen and oxygen atoms in total. The average molecular weight is 239 g/mol. The summed E-state index contributed by atoms with van der Waals surface area (Å²) >= 11 is 5.78. The van der Waals surface area contributed by atoms with Crippen LogP contribution in [-0.2, 0) is 0 Å². The molecule has 16 heavy (non-hydrogen) atoms. The Morgan fingerprint density at radius 2 is 2.25 bits per heavy atom. The quantitative estimate of drug-likeness (QED) is 0.732. The lowest BCUT2D eigenvalue weighted by Gasteiger charge is -2.38. The number of alkyl halides is 1. The molecule has 0 atom stereocenters. The highest BCUT2D eigenvalue weighted by atomic mass is 35.5. The average Bonchev–Trinajstić information content (AvgIpc) is 2.21. The predicted octanol–water partition coefficient (Wildman–Crippen LogP) is 3.38. The third kappa shape index (κ3) is 2.67. The summed E-state index contributed by atoms with van der Waals surface area (Å²) in [5.74, 6) is 1.85. The molecule has 0 unspecified atom stereocenters. The van der Waals surface area contributed by atoms with E-state index in [1.807, 2.05) is 13.0 Å². The Morgan fingerprint density at radius 1 is 1.44 bits per heavy atom. The van der Waals surface area contributed by atoms with Crippen LogP contribution < -0.4 is 4.90 Å². The monoisotopic (exact) mass is 238 g/mol. The van der Waals surface area contributed by atoms with Gasteiger partial charge in [-0.15, -0.1) is 11.6 Å². The van der Waals surface area contributed by atoms with Gasteiger partial charge < -0.3 is 4.90 Å². The molecule has 1 aromatic heterocycles. The summed E-state index contributed by atoms with van der Waals surface area (Å²) in [4.78, 5) is 7.04. The standard InChI is InChI=1S/C13H19ClN2/c1-11-5-2-8-13(15-11)16(10-4-9-14)12-6-3-7-12/h2,5,8,12H,3-4,6-7,9-10H2,1H3. The van der Waals surface area contributed by atoms with Gasteiger partial charge in [0.05, 0.1) is 0 Å². The van der Waals surface area contributed by atoms with Gasteiger partial charge in [0.2, 0.25) is 0 Å². The molecule has 1 aliphatic carbocycles. The van der Waals surface area contributed by atoms with Crippen LogP contribution in [0.4, 0.5) is 5.82 Å². The van der Waals surface area contributed by atoms with Gasteiger partial charge in [-0.2, -0.15) is 0 Å². The summed E-state index contributed by atoms with van der Waals surface area (Å²) in [6.07, 6.45) is 5.00. The van der Waals surface area contributed by atoms with E-state index in [4.69, 9.17) is 11.6 Å². The second kappa shape index (κ2) is 5.53. The van der Waals surface area contributed by atoms with E-state index in [2.05, 4.69) is 22.0 Å². The second-order valence-corrected chi connectivity index (χ2v) is 4.84. The van der Waals surface area contributed by atoms with Gasteiger partial charge in [0.1, 0.15) is 5.82 Å². The van der Waals surface area contributed by atoms with Crippen LogP contribution >= 0.6 is 11.6 Å². The summed E-state index contributed by atoms with van der Waals surface area (Å²) in [5, 5.41) is 0. The second-order valence-electron chi connectivity index (χ2n) is 4.46. The number of aromatic nitrogens is 1. The first kappa shape index (κ1) is 11.7. The van der Waals surface area contributed by atoms with Gasteiger partial charge in [-0.25, -0.2) is 4.98 Å². The van der Waals surface area contributed by atoms with Gasteiger partial charge in [-0.05, 0) is 44.7 Å². The minimum atomic E-state index is 0.692. The molecule has 1 saturated carbocycles. The molecule has 0 aromatic carbocycles. The Morgan fingerprint density at radius 3 is 2.81 bits per heavy atom. The lowest BCUT2D eigenvalue weighted by Crippen LogP contribution is -2.41. The van der Waals surface area contributed by atoms with E-state index in [-0.39, 0.29) is 0 Å². The van der Waals surface area contributed by atoms with Crippen LogP contribution in [0.2, 0.25) is 0 Å². The number of anilines is 1. The fourth-order valence-corrected chi connectivity index (χ4v) is 2.22. The minimum Gasteiger partial charge on any atom is -0.354 e. The molecular formula is C13H19ClN2. The highest BCUT2D eigenvalue weighted by Gasteiger charge is 2.25. The van der Waals surface area contributed by atoms with E-state index in [0.29, 0.717) is 6.04 Å². The van der Waals surface area contributed by atoms with Gasteiger partial charge in [0, 0.05) is 24.2 Å². The van der Waals surface area contributed by atoms with Crippen LogP contribution in [0.15, 0.2) is 18.2 Å². The molecule has 0 radical (unpaired) electrons. The van der Waals surface area contributed by atoms with Crippen molar-refractivity contribution in [1.82, 2.24) is 4.98 Å². The van der Waals surface area contributed by atoms with Gasteiger partial charge in [-0.3, -0.25) is 0 Å².